The van der Waals surface area contributed by atoms with Crippen molar-refractivity contribution in [1.29, 1.82) is 5.26 Å². The molecule has 3 rings (SSSR count). The topological polar surface area (TPSA) is 132 Å². The van der Waals surface area contributed by atoms with Crippen molar-refractivity contribution < 1.29 is 29.6 Å². The minimum atomic E-state index is -4.78. The van der Waals surface area contributed by atoms with Crippen LogP contribution < -0.4 is 10.6 Å². The van der Waals surface area contributed by atoms with Crippen LogP contribution in [0.25, 0.3) is 0 Å². The first-order chi connectivity index (χ1) is 14.1. The van der Waals surface area contributed by atoms with Crippen LogP contribution in [0.5, 0.6) is 0 Å². The molecule has 2 unspecified atom stereocenters. The third kappa shape index (κ3) is 3.85. The summed E-state index contributed by atoms with van der Waals surface area (Å²) in [7, 11) is -4.78. The summed E-state index contributed by atoms with van der Waals surface area (Å²) >= 11 is 0. The lowest BCUT2D eigenvalue weighted by molar-refractivity contribution is -0.121. The second-order valence-corrected chi connectivity index (χ2v) is 8.54. The second kappa shape index (κ2) is 7.98. The molecule has 2 heterocycles. The number of carbonyl (C=O) groups is 2. The van der Waals surface area contributed by atoms with Gasteiger partial charge in [-0.3, -0.25) is 9.79 Å². The predicted octanol–water partition coefficient (Wildman–Crippen LogP) is 1.46. The third-order valence-electron chi connectivity index (χ3n) is 4.65. The maximum absolute atomic E-state index is 14.1. The van der Waals surface area contributed by atoms with E-state index in [1.807, 2.05) is 6.07 Å². The van der Waals surface area contributed by atoms with Crippen LogP contribution in [0.4, 0.5) is 13.6 Å². The molecule has 3 atom stereocenters. The Labute approximate surface area is 174 Å². The molecule has 0 aromatic heterocycles. The number of sulfonamides is 1. The number of urea groups is 1. The number of carbonyl (C=O) groups excluding carboxylic acids is 2. The van der Waals surface area contributed by atoms with Gasteiger partial charge in [-0.1, -0.05) is 11.6 Å². The van der Waals surface area contributed by atoms with Crippen LogP contribution in [0.2, 0.25) is 0 Å². The monoisotopic (exact) mass is 441 g/mol. The van der Waals surface area contributed by atoms with Crippen molar-refractivity contribution in [2.24, 2.45) is 4.99 Å². The highest BCUT2D eigenvalue weighted by Crippen LogP contribution is 2.35. The van der Waals surface area contributed by atoms with Crippen molar-refractivity contribution in [2.75, 3.05) is 6.54 Å². The van der Waals surface area contributed by atoms with Gasteiger partial charge in [-0.2, -0.15) is 5.26 Å². The minimum absolute atomic E-state index is 0. The number of nitriles is 1. The van der Waals surface area contributed by atoms with Gasteiger partial charge in [0.15, 0.2) is 12.0 Å². The van der Waals surface area contributed by atoms with E-state index in [0.29, 0.717) is 11.1 Å². The van der Waals surface area contributed by atoms with E-state index in [-0.39, 0.29) is 7.16 Å². The van der Waals surface area contributed by atoms with E-state index in [0.717, 1.165) is 12.5 Å². The van der Waals surface area contributed by atoms with Crippen molar-refractivity contribution in [3.8, 4) is 6.07 Å². The predicted molar refractivity (Wildman–Crippen MR) is 106 cm³/mol. The van der Waals surface area contributed by atoms with Gasteiger partial charge < -0.3 is 10.6 Å². The molecule has 0 spiro atoms. The van der Waals surface area contributed by atoms with Gasteiger partial charge in [0.25, 0.3) is 10.0 Å². The second-order valence-electron chi connectivity index (χ2n) is 6.74. The largest absolute Gasteiger partial charge is 0.348 e. The Morgan fingerprint density at radius 3 is 2.87 bits per heavy atom. The molecule has 2 radical (unpaired) electrons. The summed E-state index contributed by atoms with van der Waals surface area (Å²) in [5, 5.41) is 13.6. The van der Waals surface area contributed by atoms with Crippen LogP contribution in [0.1, 0.15) is 16.7 Å². The standard InChI is InChI=1S/C18H17F2N5O4S.2H2/c1-9-5-11(6-21)22-7-12(9)10(2)23-15(26)8-25-18(27)24-14-4-3-13(19)16(20)17(14)30(25,28)29;;/h3-5,7,10-11,13H,8H2,1-2H3,(H,23,26)(H,24,27);2*1H/t10-,11?,13?;;/m0../s1. The van der Waals surface area contributed by atoms with Gasteiger partial charge in [-0.15, -0.1) is 0 Å². The van der Waals surface area contributed by atoms with Crippen molar-refractivity contribution >= 4 is 28.2 Å². The lowest BCUT2D eigenvalue weighted by Gasteiger charge is -2.32. The van der Waals surface area contributed by atoms with Crippen LogP contribution in [0.3, 0.4) is 0 Å². The molecule has 30 heavy (non-hydrogen) atoms. The Morgan fingerprint density at radius 2 is 2.23 bits per heavy atom. The van der Waals surface area contributed by atoms with Crippen LogP contribution in [-0.2, 0) is 14.8 Å². The number of nitrogens with zero attached hydrogens (tertiary/aromatic N) is 3. The average molecular weight is 441 g/mol. The molecule has 3 aliphatic rings. The Bertz CT molecular complexity index is 1080. The summed E-state index contributed by atoms with van der Waals surface area (Å²) < 4.78 is 53.2. The summed E-state index contributed by atoms with van der Waals surface area (Å²) in [5.74, 6) is -2.40. The smallest absolute Gasteiger partial charge is 0.336 e. The maximum atomic E-state index is 14.1. The Balaban J connectivity index is 0.00000256. The summed E-state index contributed by atoms with van der Waals surface area (Å²) in [5.41, 5.74) is 0.920. The molecule has 2 N–H and O–H groups in total. The molecule has 1 saturated heterocycles. The molecule has 0 bridgehead atoms. The molecule has 1 fully saturated rings. The molecule has 9 nitrogen and oxygen atoms in total. The lowest BCUT2D eigenvalue weighted by atomic mass is 9.96. The molecular weight excluding hydrogens is 420 g/mol. The van der Waals surface area contributed by atoms with Crippen molar-refractivity contribution in [3.05, 3.63) is 46.5 Å². The molecule has 162 valence electrons. The summed E-state index contributed by atoms with van der Waals surface area (Å²) in [4.78, 5) is 27.6. The number of amides is 3. The molecule has 3 amide bonds. The zero-order valence-electron chi connectivity index (χ0n) is 15.9. The average Bonchev–Trinajstić information content (AvgIpc) is 2.67. The zero-order chi connectivity index (χ0) is 22.2. The highest BCUT2D eigenvalue weighted by atomic mass is 32.2. The van der Waals surface area contributed by atoms with E-state index in [1.165, 1.54) is 6.21 Å². The number of dihydropyridines is 1. The highest BCUT2D eigenvalue weighted by Gasteiger charge is 2.45. The SMILES string of the molecule is CC1=C([C@H](C)NC(=O)CN2C(=O)NC3=C[CH]C(F)C(F)=C3S2(=O)=O)C=NC(C#N)[CH]1.[HH].[HH]. The quantitative estimate of drug-likeness (QED) is 0.682. The fraction of sp³-hybridized carbons (Fsp3) is 0.333. The molecule has 0 aromatic rings. The van der Waals surface area contributed by atoms with Gasteiger partial charge in [0, 0.05) is 21.9 Å². The van der Waals surface area contributed by atoms with E-state index in [2.05, 4.69) is 15.6 Å². The van der Waals surface area contributed by atoms with Crippen LogP contribution in [0, 0.1) is 24.2 Å². The Kier molecular flexibility index (Phi) is 5.76. The van der Waals surface area contributed by atoms with E-state index in [4.69, 9.17) is 5.26 Å². The molecule has 2 aliphatic heterocycles. The van der Waals surface area contributed by atoms with Gasteiger partial charge in [-0.05, 0) is 19.4 Å². The number of nitrogens with one attached hydrogen (secondary N) is 2. The van der Waals surface area contributed by atoms with Gasteiger partial charge in [0.2, 0.25) is 5.91 Å². The van der Waals surface area contributed by atoms with Crippen molar-refractivity contribution in [2.45, 2.75) is 32.1 Å². The summed E-state index contributed by atoms with van der Waals surface area (Å²) in [6, 6.07) is -0.431. The molecule has 12 heteroatoms. The van der Waals surface area contributed by atoms with Crippen LogP contribution >= 0.6 is 0 Å². The fourth-order valence-electron chi connectivity index (χ4n) is 3.17. The molecule has 0 aromatic carbocycles. The van der Waals surface area contributed by atoms with Gasteiger partial charge in [0.05, 0.1) is 17.8 Å². The fourth-order valence-corrected chi connectivity index (χ4v) is 4.69. The van der Waals surface area contributed by atoms with Gasteiger partial charge in [0.1, 0.15) is 17.5 Å². The summed E-state index contributed by atoms with van der Waals surface area (Å²) in [6.07, 6.45) is 2.51. The van der Waals surface area contributed by atoms with E-state index in [9.17, 15) is 26.8 Å². The number of fused-ring (bicyclic) bond motifs is 1. The van der Waals surface area contributed by atoms with Crippen LogP contribution in [0.15, 0.2) is 38.6 Å². The maximum Gasteiger partial charge on any atom is 0.336 e. The van der Waals surface area contributed by atoms with Gasteiger partial charge >= 0.3 is 6.03 Å². The third-order valence-corrected chi connectivity index (χ3v) is 6.46. The lowest BCUT2D eigenvalue weighted by Crippen LogP contribution is -2.54. The number of alkyl halides is 1. The number of halogens is 2. The van der Waals surface area contributed by atoms with E-state index in [1.54, 1.807) is 20.3 Å². The number of allylic oxidation sites excluding steroid dienone is 2. The zero-order valence-corrected chi connectivity index (χ0v) is 16.7. The first kappa shape index (κ1) is 21.6. The van der Waals surface area contributed by atoms with Crippen molar-refractivity contribution in [1.82, 2.24) is 14.9 Å². The first-order valence-electron chi connectivity index (χ1n) is 8.77. The molecule has 0 saturated carbocycles. The van der Waals surface area contributed by atoms with Crippen molar-refractivity contribution in [3.63, 3.8) is 0 Å². The number of rotatable bonds is 4. The number of aliphatic imine (C=N–C) groups is 1. The van der Waals surface area contributed by atoms with E-state index < -0.39 is 63.2 Å². The summed E-state index contributed by atoms with van der Waals surface area (Å²) in [6.45, 7) is 2.41. The minimum Gasteiger partial charge on any atom is -0.348 e. The van der Waals surface area contributed by atoms with Gasteiger partial charge in [-0.25, -0.2) is 26.3 Å². The van der Waals surface area contributed by atoms with Crippen LogP contribution in [-0.4, -0.2) is 55.7 Å². The Hall–Kier alpha value is -3.07. The number of hydrogen-bond donors (Lipinski definition) is 2. The van der Waals surface area contributed by atoms with E-state index >= 15 is 0 Å². The highest BCUT2D eigenvalue weighted by molar-refractivity contribution is 7.94. The first-order valence-corrected chi connectivity index (χ1v) is 10.2. The molecular formula is C18H21F2N5O4S. The number of hydrogen-bond acceptors (Lipinski definition) is 6. The normalized spacial score (nSPS) is 26.4. The Morgan fingerprint density at radius 1 is 1.53 bits per heavy atom. The molecule has 1 aliphatic carbocycles.